The van der Waals surface area contributed by atoms with E-state index in [4.69, 9.17) is 4.52 Å². The van der Waals surface area contributed by atoms with Crippen LogP contribution in [-0.2, 0) is 11.3 Å². The van der Waals surface area contributed by atoms with Crippen LogP contribution in [0.3, 0.4) is 0 Å². The minimum absolute atomic E-state index is 0.0572. The zero-order valence-electron chi connectivity index (χ0n) is 14.1. The van der Waals surface area contributed by atoms with Gasteiger partial charge in [-0.15, -0.1) is 0 Å². The summed E-state index contributed by atoms with van der Waals surface area (Å²) in [5, 5.41) is 7.05. The predicted octanol–water partition coefficient (Wildman–Crippen LogP) is 2.47. The van der Waals surface area contributed by atoms with E-state index in [0.717, 1.165) is 44.5 Å². The number of hydrogen-bond acceptors (Lipinski definition) is 5. The normalized spacial score (nSPS) is 18.5. The molecule has 1 aliphatic rings. The summed E-state index contributed by atoms with van der Waals surface area (Å²) in [6.07, 6.45) is 2.93. The third-order valence-electron chi connectivity index (χ3n) is 4.28. The van der Waals surface area contributed by atoms with E-state index < -0.39 is 0 Å². The van der Waals surface area contributed by atoms with Crippen LogP contribution in [0.5, 0.6) is 0 Å². The Kier molecular flexibility index (Phi) is 5.59. The molecule has 1 aromatic heterocycles. The minimum atomic E-state index is 0.0572. The highest BCUT2D eigenvalue weighted by molar-refractivity contribution is 5.78. The molecule has 2 aromatic rings. The fourth-order valence-corrected chi connectivity index (χ4v) is 3.02. The van der Waals surface area contributed by atoms with Crippen LogP contribution in [0.25, 0.3) is 11.4 Å². The molecule has 1 amide bonds. The second-order valence-electron chi connectivity index (χ2n) is 6.24. The van der Waals surface area contributed by atoms with Crippen LogP contribution < -0.4 is 5.32 Å². The molecule has 0 bridgehead atoms. The number of likely N-dealkylation sites (tertiary alicyclic amines) is 1. The second kappa shape index (κ2) is 8.06. The summed E-state index contributed by atoms with van der Waals surface area (Å²) >= 11 is 0. The maximum Gasteiger partial charge on any atom is 0.241 e. The van der Waals surface area contributed by atoms with E-state index in [9.17, 15) is 4.79 Å². The van der Waals surface area contributed by atoms with E-state index in [0.29, 0.717) is 18.3 Å². The highest BCUT2D eigenvalue weighted by Gasteiger charge is 2.26. The zero-order chi connectivity index (χ0) is 16.8. The zero-order valence-corrected chi connectivity index (χ0v) is 14.1. The lowest BCUT2D eigenvalue weighted by molar-refractivity contribution is -0.126. The monoisotopic (exact) mass is 328 g/mol. The van der Waals surface area contributed by atoms with Gasteiger partial charge in [-0.3, -0.25) is 9.69 Å². The van der Waals surface area contributed by atoms with Gasteiger partial charge in [-0.1, -0.05) is 42.4 Å². The smallest absolute Gasteiger partial charge is 0.241 e. The van der Waals surface area contributed by atoms with Gasteiger partial charge in [0.05, 0.1) is 12.5 Å². The molecule has 1 fully saturated rings. The first-order valence-corrected chi connectivity index (χ1v) is 8.64. The van der Waals surface area contributed by atoms with Gasteiger partial charge in [0.15, 0.2) is 0 Å². The lowest BCUT2D eigenvalue weighted by Crippen LogP contribution is -2.42. The highest BCUT2D eigenvalue weighted by atomic mass is 16.5. The van der Waals surface area contributed by atoms with Crippen molar-refractivity contribution in [3.8, 4) is 11.4 Å². The Hall–Kier alpha value is -2.21. The van der Waals surface area contributed by atoms with Gasteiger partial charge in [-0.25, -0.2) is 0 Å². The van der Waals surface area contributed by atoms with Gasteiger partial charge in [0, 0.05) is 18.7 Å². The molecule has 0 aliphatic carbocycles. The first kappa shape index (κ1) is 16.6. The average molecular weight is 328 g/mol. The first-order valence-electron chi connectivity index (χ1n) is 8.64. The van der Waals surface area contributed by atoms with Crippen LogP contribution in [0.2, 0.25) is 0 Å². The van der Waals surface area contributed by atoms with Crippen molar-refractivity contribution in [2.45, 2.75) is 32.7 Å². The first-order chi connectivity index (χ1) is 11.8. The number of aromatic nitrogens is 2. The van der Waals surface area contributed by atoms with Crippen LogP contribution in [0, 0.1) is 5.92 Å². The van der Waals surface area contributed by atoms with Gasteiger partial charge in [0.2, 0.25) is 17.6 Å². The molecule has 128 valence electrons. The molecule has 6 heteroatoms. The van der Waals surface area contributed by atoms with Crippen LogP contribution in [0.4, 0.5) is 0 Å². The summed E-state index contributed by atoms with van der Waals surface area (Å²) in [6.45, 7) is 5.11. The lowest BCUT2D eigenvalue weighted by atomic mass is 9.97. The average Bonchev–Trinajstić information content (AvgIpc) is 3.09. The molecular formula is C18H24N4O2. The van der Waals surface area contributed by atoms with E-state index in [1.54, 1.807) is 0 Å². The quantitative estimate of drug-likeness (QED) is 0.882. The van der Waals surface area contributed by atoms with Crippen molar-refractivity contribution in [1.29, 1.82) is 0 Å². The number of rotatable bonds is 6. The Morgan fingerprint density at radius 1 is 1.38 bits per heavy atom. The van der Waals surface area contributed by atoms with Crippen LogP contribution in [0.15, 0.2) is 34.9 Å². The van der Waals surface area contributed by atoms with Crippen molar-refractivity contribution >= 4 is 5.91 Å². The molecule has 2 heterocycles. The molecule has 1 aromatic carbocycles. The highest BCUT2D eigenvalue weighted by Crippen LogP contribution is 2.20. The molecule has 0 saturated carbocycles. The standard InChI is InChI=1S/C18H24N4O2/c1-2-10-19-18(23)15-9-6-11-22(12-15)13-16-20-17(21-24-16)14-7-4-3-5-8-14/h3-5,7-8,15H,2,6,9-13H2,1H3,(H,19,23). The molecule has 0 spiro atoms. The Morgan fingerprint density at radius 2 is 2.21 bits per heavy atom. The Balaban J connectivity index is 1.58. The number of piperidine rings is 1. The number of nitrogens with one attached hydrogen (secondary N) is 1. The number of nitrogens with zero attached hydrogens (tertiary/aromatic N) is 3. The van der Waals surface area contributed by atoms with Gasteiger partial charge in [0.25, 0.3) is 0 Å². The lowest BCUT2D eigenvalue weighted by Gasteiger charge is -2.30. The van der Waals surface area contributed by atoms with Crippen molar-refractivity contribution in [3.05, 3.63) is 36.2 Å². The van der Waals surface area contributed by atoms with Gasteiger partial charge in [0.1, 0.15) is 0 Å². The SMILES string of the molecule is CCCNC(=O)C1CCCN(Cc2nc(-c3ccccc3)no2)C1. The van der Waals surface area contributed by atoms with Crippen LogP contribution in [0.1, 0.15) is 32.1 Å². The van der Waals surface area contributed by atoms with Crippen molar-refractivity contribution in [2.75, 3.05) is 19.6 Å². The molecule has 6 nitrogen and oxygen atoms in total. The third kappa shape index (κ3) is 4.20. The van der Waals surface area contributed by atoms with Gasteiger partial charge in [-0.05, 0) is 25.8 Å². The predicted molar refractivity (Wildman–Crippen MR) is 91.0 cm³/mol. The number of carbonyl (C=O) groups excluding carboxylic acids is 1. The summed E-state index contributed by atoms with van der Waals surface area (Å²) in [6, 6.07) is 9.79. The van der Waals surface area contributed by atoms with Crippen molar-refractivity contribution in [1.82, 2.24) is 20.4 Å². The molecule has 3 rings (SSSR count). The molecule has 1 unspecified atom stereocenters. The summed E-state index contributed by atoms with van der Waals surface area (Å²) in [5.74, 6) is 1.43. The summed E-state index contributed by atoms with van der Waals surface area (Å²) < 4.78 is 5.38. The van der Waals surface area contributed by atoms with Crippen molar-refractivity contribution < 1.29 is 9.32 Å². The molecule has 24 heavy (non-hydrogen) atoms. The van der Waals surface area contributed by atoms with E-state index >= 15 is 0 Å². The molecule has 1 N–H and O–H groups in total. The van der Waals surface area contributed by atoms with Crippen LogP contribution >= 0.6 is 0 Å². The molecule has 0 radical (unpaired) electrons. The minimum Gasteiger partial charge on any atom is -0.356 e. The Morgan fingerprint density at radius 3 is 3.00 bits per heavy atom. The van der Waals surface area contributed by atoms with E-state index in [-0.39, 0.29) is 11.8 Å². The van der Waals surface area contributed by atoms with E-state index in [2.05, 4.69) is 27.3 Å². The molecule has 1 aliphatic heterocycles. The maximum absolute atomic E-state index is 12.2. The molecule has 1 saturated heterocycles. The van der Waals surface area contributed by atoms with Crippen LogP contribution in [-0.4, -0.2) is 40.6 Å². The fourth-order valence-electron chi connectivity index (χ4n) is 3.02. The Bertz CT molecular complexity index is 656. The Labute approximate surface area is 142 Å². The third-order valence-corrected chi connectivity index (χ3v) is 4.28. The largest absolute Gasteiger partial charge is 0.356 e. The molecular weight excluding hydrogens is 304 g/mol. The number of benzene rings is 1. The topological polar surface area (TPSA) is 71.3 Å². The fraction of sp³-hybridized carbons (Fsp3) is 0.500. The van der Waals surface area contributed by atoms with E-state index in [1.807, 2.05) is 30.3 Å². The number of carbonyl (C=O) groups is 1. The van der Waals surface area contributed by atoms with Crippen molar-refractivity contribution in [2.24, 2.45) is 5.92 Å². The number of hydrogen-bond donors (Lipinski definition) is 1. The summed E-state index contributed by atoms with van der Waals surface area (Å²) in [4.78, 5) is 18.9. The summed E-state index contributed by atoms with van der Waals surface area (Å²) in [7, 11) is 0. The van der Waals surface area contributed by atoms with Gasteiger partial charge >= 0.3 is 0 Å². The van der Waals surface area contributed by atoms with E-state index in [1.165, 1.54) is 0 Å². The van der Waals surface area contributed by atoms with Gasteiger partial charge in [-0.2, -0.15) is 4.98 Å². The van der Waals surface area contributed by atoms with Crippen molar-refractivity contribution in [3.63, 3.8) is 0 Å². The summed E-state index contributed by atoms with van der Waals surface area (Å²) in [5.41, 5.74) is 0.947. The molecule has 1 atom stereocenters. The maximum atomic E-state index is 12.2. The second-order valence-corrected chi connectivity index (χ2v) is 6.24. The van der Waals surface area contributed by atoms with Gasteiger partial charge < -0.3 is 9.84 Å². The number of amides is 1.